The van der Waals surface area contributed by atoms with Crippen molar-refractivity contribution in [2.75, 3.05) is 32.9 Å². The van der Waals surface area contributed by atoms with Crippen molar-refractivity contribution in [1.82, 2.24) is 10.2 Å². The molecule has 1 saturated heterocycles. The monoisotopic (exact) mass is 160 g/mol. The zero-order valence-corrected chi connectivity index (χ0v) is 6.48. The maximum atomic E-state index is 11.7. The minimum absolute atomic E-state index is 0.0417. The highest BCUT2D eigenvalue weighted by molar-refractivity contribution is 5.76. The average molecular weight is 160 g/mol. The number of rotatable bonds is 2. The fourth-order valence-corrected chi connectivity index (χ4v) is 1.15. The van der Waals surface area contributed by atoms with Gasteiger partial charge in [0.25, 0.3) is 0 Å². The lowest BCUT2D eigenvalue weighted by Gasteiger charge is -2.27. The average Bonchev–Trinajstić information content (AvgIpc) is 2.07. The Morgan fingerprint density at radius 3 is 2.64 bits per heavy atom. The lowest BCUT2D eigenvalue weighted by atomic mass is 10.3. The topological polar surface area (TPSA) is 32.3 Å². The third-order valence-corrected chi connectivity index (χ3v) is 1.78. The summed E-state index contributed by atoms with van der Waals surface area (Å²) in [7, 11) is 0. The van der Waals surface area contributed by atoms with E-state index in [2.05, 4.69) is 5.32 Å². The molecule has 0 aromatic rings. The van der Waals surface area contributed by atoms with E-state index in [9.17, 15) is 9.18 Å². The summed E-state index contributed by atoms with van der Waals surface area (Å²) in [5, 5.41) is 3.12. The summed E-state index contributed by atoms with van der Waals surface area (Å²) in [6, 6.07) is 0. The molecule has 11 heavy (non-hydrogen) atoms. The van der Waals surface area contributed by atoms with Crippen molar-refractivity contribution in [2.45, 2.75) is 6.42 Å². The summed E-state index contributed by atoms with van der Waals surface area (Å²) < 4.78 is 11.7. The molecule has 0 saturated carbocycles. The van der Waals surface area contributed by atoms with Crippen molar-refractivity contribution in [3.05, 3.63) is 0 Å². The maximum absolute atomic E-state index is 11.7. The van der Waals surface area contributed by atoms with E-state index in [1.165, 1.54) is 0 Å². The number of nitrogens with zero attached hydrogens (tertiary/aromatic N) is 1. The lowest BCUT2D eigenvalue weighted by molar-refractivity contribution is -0.132. The fraction of sp³-hybridized carbons (Fsp3) is 0.857. The molecular formula is C7H13FN2O. The number of nitrogens with one attached hydrogen (secondary N) is 1. The Bertz CT molecular complexity index is 134. The molecule has 0 atom stereocenters. The van der Waals surface area contributed by atoms with Crippen LogP contribution in [0.3, 0.4) is 0 Å². The number of amides is 1. The van der Waals surface area contributed by atoms with Crippen LogP contribution in [-0.2, 0) is 4.79 Å². The van der Waals surface area contributed by atoms with E-state index >= 15 is 0 Å². The lowest BCUT2D eigenvalue weighted by Crippen LogP contribution is -2.46. The number of piperazine rings is 1. The van der Waals surface area contributed by atoms with Crippen LogP contribution in [0.4, 0.5) is 4.39 Å². The summed E-state index contributed by atoms with van der Waals surface area (Å²) in [6.07, 6.45) is 0.0417. The predicted octanol–water partition coefficient (Wildman–Crippen LogP) is -0.222. The number of carbonyl (C=O) groups is 1. The van der Waals surface area contributed by atoms with E-state index in [0.29, 0.717) is 0 Å². The standard InChI is InChI=1S/C7H13FN2O/c8-2-1-7(11)10-5-3-9-4-6-10/h9H,1-6H2. The highest BCUT2D eigenvalue weighted by Crippen LogP contribution is 1.96. The molecule has 0 aliphatic carbocycles. The predicted molar refractivity (Wildman–Crippen MR) is 40.0 cm³/mol. The van der Waals surface area contributed by atoms with Crippen molar-refractivity contribution < 1.29 is 9.18 Å². The molecule has 0 unspecified atom stereocenters. The van der Waals surface area contributed by atoms with Gasteiger partial charge in [-0.05, 0) is 0 Å². The molecule has 1 amide bonds. The van der Waals surface area contributed by atoms with Crippen LogP contribution >= 0.6 is 0 Å². The molecule has 0 aromatic heterocycles. The van der Waals surface area contributed by atoms with Crippen LogP contribution in [0.25, 0.3) is 0 Å². The third kappa shape index (κ3) is 2.46. The molecular weight excluding hydrogens is 147 g/mol. The second kappa shape index (κ2) is 4.28. The summed E-state index contributed by atoms with van der Waals surface area (Å²) in [5.41, 5.74) is 0. The summed E-state index contributed by atoms with van der Waals surface area (Å²) in [5.74, 6) is -0.0611. The molecule has 0 aromatic carbocycles. The van der Waals surface area contributed by atoms with Gasteiger partial charge in [-0.15, -0.1) is 0 Å². The molecule has 4 heteroatoms. The maximum Gasteiger partial charge on any atom is 0.225 e. The van der Waals surface area contributed by atoms with Crippen molar-refractivity contribution in [1.29, 1.82) is 0 Å². The second-order valence-electron chi connectivity index (χ2n) is 2.57. The van der Waals surface area contributed by atoms with Crippen molar-refractivity contribution in [3.63, 3.8) is 0 Å². The molecule has 3 nitrogen and oxygen atoms in total. The minimum atomic E-state index is -0.539. The van der Waals surface area contributed by atoms with Gasteiger partial charge in [-0.1, -0.05) is 0 Å². The van der Waals surface area contributed by atoms with Gasteiger partial charge in [0, 0.05) is 26.2 Å². The Morgan fingerprint density at radius 2 is 2.09 bits per heavy atom. The van der Waals surface area contributed by atoms with Gasteiger partial charge in [0.1, 0.15) is 0 Å². The van der Waals surface area contributed by atoms with E-state index in [1.54, 1.807) is 4.90 Å². The van der Waals surface area contributed by atoms with E-state index < -0.39 is 6.67 Å². The van der Waals surface area contributed by atoms with Crippen molar-refractivity contribution >= 4 is 5.91 Å². The first-order chi connectivity index (χ1) is 5.34. The first-order valence-corrected chi connectivity index (χ1v) is 3.89. The van der Waals surface area contributed by atoms with Crippen LogP contribution in [0.1, 0.15) is 6.42 Å². The van der Waals surface area contributed by atoms with E-state index in [4.69, 9.17) is 0 Å². The van der Waals surface area contributed by atoms with E-state index in [-0.39, 0.29) is 12.3 Å². The Kier molecular flexibility index (Phi) is 3.29. The van der Waals surface area contributed by atoms with Gasteiger partial charge in [0.15, 0.2) is 0 Å². The molecule has 1 aliphatic heterocycles. The van der Waals surface area contributed by atoms with Gasteiger partial charge in [0.05, 0.1) is 13.1 Å². The van der Waals surface area contributed by atoms with Crippen LogP contribution in [0.2, 0.25) is 0 Å². The molecule has 1 N–H and O–H groups in total. The van der Waals surface area contributed by atoms with Gasteiger partial charge in [-0.3, -0.25) is 9.18 Å². The van der Waals surface area contributed by atoms with Gasteiger partial charge in [0.2, 0.25) is 5.91 Å². The normalized spacial score (nSPS) is 18.5. The first kappa shape index (κ1) is 8.46. The summed E-state index contributed by atoms with van der Waals surface area (Å²) in [6.45, 7) is 2.57. The minimum Gasteiger partial charge on any atom is -0.340 e. The van der Waals surface area contributed by atoms with E-state index in [1.807, 2.05) is 0 Å². The summed E-state index contributed by atoms with van der Waals surface area (Å²) >= 11 is 0. The highest BCUT2D eigenvalue weighted by atomic mass is 19.1. The smallest absolute Gasteiger partial charge is 0.225 e. The van der Waals surface area contributed by atoms with Gasteiger partial charge < -0.3 is 10.2 Å². The number of halogens is 1. The Labute approximate surface area is 65.6 Å². The Balaban J connectivity index is 2.27. The highest BCUT2D eigenvalue weighted by Gasteiger charge is 2.14. The molecule has 1 aliphatic rings. The Hall–Kier alpha value is -0.640. The molecule has 64 valence electrons. The summed E-state index contributed by atoms with van der Waals surface area (Å²) in [4.78, 5) is 12.8. The van der Waals surface area contributed by atoms with Crippen LogP contribution in [0.15, 0.2) is 0 Å². The molecule has 0 radical (unpaired) electrons. The van der Waals surface area contributed by atoms with Gasteiger partial charge in [-0.2, -0.15) is 0 Å². The van der Waals surface area contributed by atoms with E-state index in [0.717, 1.165) is 26.2 Å². The zero-order chi connectivity index (χ0) is 8.10. The number of hydrogen-bond donors (Lipinski definition) is 1. The van der Waals surface area contributed by atoms with Crippen molar-refractivity contribution in [3.8, 4) is 0 Å². The van der Waals surface area contributed by atoms with Crippen LogP contribution in [-0.4, -0.2) is 43.7 Å². The second-order valence-corrected chi connectivity index (χ2v) is 2.57. The fourth-order valence-electron chi connectivity index (χ4n) is 1.15. The molecule has 0 bridgehead atoms. The molecule has 1 heterocycles. The largest absolute Gasteiger partial charge is 0.340 e. The quantitative estimate of drug-likeness (QED) is 0.605. The van der Waals surface area contributed by atoms with Gasteiger partial charge >= 0.3 is 0 Å². The first-order valence-electron chi connectivity index (χ1n) is 3.89. The number of hydrogen-bond acceptors (Lipinski definition) is 2. The Morgan fingerprint density at radius 1 is 1.45 bits per heavy atom. The van der Waals surface area contributed by atoms with Crippen LogP contribution in [0.5, 0.6) is 0 Å². The molecule has 1 rings (SSSR count). The number of alkyl halides is 1. The molecule has 0 spiro atoms. The number of carbonyl (C=O) groups excluding carboxylic acids is 1. The SMILES string of the molecule is O=C(CCF)N1CCNCC1. The van der Waals surface area contributed by atoms with Gasteiger partial charge in [-0.25, -0.2) is 0 Å². The molecule has 1 fully saturated rings. The van der Waals surface area contributed by atoms with Crippen LogP contribution < -0.4 is 5.32 Å². The zero-order valence-electron chi connectivity index (χ0n) is 6.48. The third-order valence-electron chi connectivity index (χ3n) is 1.78. The van der Waals surface area contributed by atoms with Crippen molar-refractivity contribution in [2.24, 2.45) is 0 Å². The van der Waals surface area contributed by atoms with Crippen LogP contribution in [0, 0.1) is 0 Å².